The number of aromatic nitrogens is 1. The van der Waals surface area contributed by atoms with Crippen LogP contribution < -0.4 is 5.32 Å². The monoisotopic (exact) mass is 267 g/mol. The Labute approximate surface area is 111 Å². The Morgan fingerprint density at radius 3 is 3.11 bits per heavy atom. The highest BCUT2D eigenvalue weighted by molar-refractivity contribution is 5.95. The smallest absolute Gasteiger partial charge is 0.256 e. The molecule has 1 atom stereocenters. The lowest BCUT2D eigenvalue weighted by Crippen LogP contribution is -2.34. The molecule has 0 spiro atoms. The Hall–Kier alpha value is -1.69. The minimum Gasteiger partial charge on any atom is -0.376 e. The van der Waals surface area contributed by atoms with Crippen LogP contribution in [0.15, 0.2) is 12.3 Å². The summed E-state index contributed by atoms with van der Waals surface area (Å²) in [5, 5.41) is 2.62. The molecular formula is C13H18FN3O2. The standard InChI is InChI=1S/C13H18FN3O2/c1-15-12-11(14)10(5-6-16-12)13(18)17(2)8-9-4-3-7-19-9/h5-6,9H,3-4,7-8H2,1-2H3,(H,15,16). The quantitative estimate of drug-likeness (QED) is 0.898. The van der Waals surface area contributed by atoms with E-state index in [4.69, 9.17) is 4.74 Å². The van der Waals surface area contributed by atoms with E-state index in [9.17, 15) is 9.18 Å². The van der Waals surface area contributed by atoms with Gasteiger partial charge < -0.3 is 15.0 Å². The van der Waals surface area contributed by atoms with Gasteiger partial charge >= 0.3 is 0 Å². The maximum atomic E-state index is 14.0. The Morgan fingerprint density at radius 2 is 2.47 bits per heavy atom. The summed E-state index contributed by atoms with van der Waals surface area (Å²) < 4.78 is 19.5. The highest BCUT2D eigenvalue weighted by Crippen LogP contribution is 2.18. The molecule has 1 unspecified atom stereocenters. The summed E-state index contributed by atoms with van der Waals surface area (Å²) in [6.07, 6.45) is 3.43. The van der Waals surface area contributed by atoms with Gasteiger partial charge in [0, 0.05) is 33.4 Å². The number of carbonyl (C=O) groups excluding carboxylic acids is 1. The Balaban J connectivity index is 2.09. The predicted octanol–water partition coefficient (Wildman–Crippen LogP) is 1.51. The number of hydrogen-bond donors (Lipinski definition) is 1. The molecule has 1 N–H and O–H groups in total. The molecule has 0 bridgehead atoms. The number of halogens is 1. The third-order valence-electron chi connectivity index (χ3n) is 3.20. The molecule has 1 fully saturated rings. The first-order chi connectivity index (χ1) is 9.13. The summed E-state index contributed by atoms with van der Waals surface area (Å²) in [6.45, 7) is 1.22. The molecule has 0 aromatic carbocycles. The summed E-state index contributed by atoms with van der Waals surface area (Å²) in [4.78, 5) is 17.5. The number of amides is 1. The second-order valence-electron chi connectivity index (χ2n) is 4.59. The van der Waals surface area contributed by atoms with E-state index in [0.29, 0.717) is 6.54 Å². The van der Waals surface area contributed by atoms with E-state index in [1.807, 2.05) is 0 Å². The number of anilines is 1. The van der Waals surface area contributed by atoms with Crippen LogP contribution in [0.2, 0.25) is 0 Å². The lowest BCUT2D eigenvalue weighted by atomic mass is 10.2. The van der Waals surface area contributed by atoms with Crippen molar-refractivity contribution < 1.29 is 13.9 Å². The SMILES string of the molecule is CNc1nccc(C(=O)N(C)CC2CCCO2)c1F. The third kappa shape index (κ3) is 3.01. The molecule has 0 saturated carbocycles. The van der Waals surface area contributed by atoms with E-state index >= 15 is 0 Å². The molecule has 6 heteroatoms. The molecule has 2 heterocycles. The Morgan fingerprint density at radius 1 is 1.68 bits per heavy atom. The molecule has 1 aliphatic heterocycles. The van der Waals surface area contributed by atoms with Gasteiger partial charge in [-0.2, -0.15) is 0 Å². The summed E-state index contributed by atoms with van der Waals surface area (Å²) in [7, 11) is 3.22. The molecule has 2 rings (SSSR count). The molecular weight excluding hydrogens is 249 g/mol. The molecule has 1 aromatic heterocycles. The van der Waals surface area contributed by atoms with Gasteiger partial charge in [0.2, 0.25) is 0 Å². The lowest BCUT2D eigenvalue weighted by Gasteiger charge is -2.21. The van der Waals surface area contributed by atoms with Gasteiger partial charge in [-0.25, -0.2) is 9.37 Å². The topological polar surface area (TPSA) is 54.5 Å². The van der Waals surface area contributed by atoms with E-state index in [1.54, 1.807) is 14.1 Å². The summed E-state index contributed by atoms with van der Waals surface area (Å²) in [6, 6.07) is 1.39. The fourth-order valence-corrected chi connectivity index (χ4v) is 2.17. The number of pyridine rings is 1. The van der Waals surface area contributed by atoms with Gasteiger partial charge in [-0.05, 0) is 18.9 Å². The van der Waals surface area contributed by atoms with Gasteiger partial charge in [0.25, 0.3) is 5.91 Å². The number of rotatable bonds is 4. The molecule has 1 aliphatic rings. The number of likely N-dealkylation sites (N-methyl/N-ethyl adjacent to an activating group) is 1. The maximum Gasteiger partial charge on any atom is 0.256 e. The van der Waals surface area contributed by atoms with Gasteiger partial charge in [-0.15, -0.1) is 0 Å². The summed E-state index contributed by atoms with van der Waals surface area (Å²) in [5.41, 5.74) is 0.0276. The second kappa shape index (κ2) is 5.97. The van der Waals surface area contributed by atoms with E-state index in [0.717, 1.165) is 19.4 Å². The zero-order valence-electron chi connectivity index (χ0n) is 11.1. The van der Waals surface area contributed by atoms with Crippen molar-refractivity contribution in [1.29, 1.82) is 0 Å². The largest absolute Gasteiger partial charge is 0.376 e. The first-order valence-corrected chi connectivity index (χ1v) is 6.32. The van der Waals surface area contributed by atoms with Crippen LogP contribution in [-0.4, -0.2) is 49.1 Å². The van der Waals surface area contributed by atoms with Crippen LogP contribution >= 0.6 is 0 Å². The molecule has 1 amide bonds. The molecule has 1 saturated heterocycles. The molecule has 19 heavy (non-hydrogen) atoms. The minimum absolute atomic E-state index is 0.0276. The molecule has 104 valence electrons. The van der Waals surface area contributed by atoms with Crippen molar-refractivity contribution in [3.8, 4) is 0 Å². The first-order valence-electron chi connectivity index (χ1n) is 6.32. The number of carbonyl (C=O) groups is 1. The van der Waals surface area contributed by atoms with Gasteiger partial charge in [0.05, 0.1) is 11.7 Å². The van der Waals surface area contributed by atoms with Crippen LogP contribution in [-0.2, 0) is 4.74 Å². The van der Waals surface area contributed by atoms with Crippen LogP contribution in [0.3, 0.4) is 0 Å². The van der Waals surface area contributed by atoms with Crippen molar-refractivity contribution in [2.75, 3.05) is 32.6 Å². The highest BCUT2D eigenvalue weighted by atomic mass is 19.1. The maximum absolute atomic E-state index is 14.0. The predicted molar refractivity (Wildman–Crippen MR) is 69.7 cm³/mol. The van der Waals surface area contributed by atoms with E-state index in [1.165, 1.54) is 17.2 Å². The van der Waals surface area contributed by atoms with Gasteiger partial charge in [0.1, 0.15) is 0 Å². The molecule has 0 radical (unpaired) electrons. The molecule has 0 aliphatic carbocycles. The van der Waals surface area contributed by atoms with Crippen LogP contribution in [0.25, 0.3) is 0 Å². The molecule has 5 nitrogen and oxygen atoms in total. The van der Waals surface area contributed by atoms with Crippen LogP contribution in [0.1, 0.15) is 23.2 Å². The Kier molecular flexibility index (Phi) is 4.31. The van der Waals surface area contributed by atoms with Crippen molar-refractivity contribution in [2.24, 2.45) is 0 Å². The van der Waals surface area contributed by atoms with Crippen molar-refractivity contribution >= 4 is 11.7 Å². The van der Waals surface area contributed by atoms with E-state index in [2.05, 4.69) is 10.3 Å². The summed E-state index contributed by atoms with van der Waals surface area (Å²) in [5.74, 6) is -0.891. The van der Waals surface area contributed by atoms with Crippen molar-refractivity contribution in [3.63, 3.8) is 0 Å². The highest BCUT2D eigenvalue weighted by Gasteiger charge is 2.23. The van der Waals surface area contributed by atoms with Gasteiger partial charge in [0.15, 0.2) is 11.6 Å². The minimum atomic E-state index is -0.616. The average Bonchev–Trinajstić information content (AvgIpc) is 2.91. The summed E-state index contributed by atoms with van der Waals surface area (Å²) >= 11 is 0. The first kappa shape index (κ1) is 13.7. The van der Waals surface area contributed by atoms with Gasteiger partial charge in [-0.3, -0.25) is 4.79 Å². The number of ether oxygens (including phenoxy) is 1. The third-order valence-corrected chi connectivity index (χ3v) is 3.20. The van der Waals surface area contributed by atoms with Crippen molar-refractivity contribution in [1.82, 2.24) is 9.88 Å². The second-order valence-corrected chi connectivity index (χ2v) is 4.59. The fourth-order valence-electron chi connectivity index (χ4n) is 2.17. The zero-order valence-corrected chi connectivity index (χ0v) is 11.1. The van der Waals surface area contributed by atoms with Crippen LogP contribution in [0.5, 0.6) is 0 Å². The number of hydrogen-bond acceptors (Lipinski definition) is 4. The van der Waals surface area contributed by atoms with Crippen molar-refractivity contribution in [2.45, 2.75) is 18.9 Å². The normalized spacial score (nSPS) is 18.4. The van der Waals surface area contributed by atoms with Crippen LogP contribution in [0, 0.1) is 5.82 Å². The van der Waals surface area contributed by atoms with E-state index < -0.39 is 5.82 Å². The van der Waals surface area contributed by atoms with Gasteiger partial charge in [-0.1, -0.05) is 0 Å². The molecule has 1 aromatic rings. The number of nitrogens with one attached hydrogen (secondary N) is 1. The fraction of sp³-hybridized carbons (Fsp3) is 0.538. The Bertz CT molecular complexity index is 461. The lowest BCUT2D eigenvalue weighted by molar-refractivity contribution is 0.0583. The van der Waals surface area contributed by atoms with Crippen LogP contribution in [0.4, 0.5) is 10.2 Å². The number of nitrogens with zero attached hydrogens (tertiary/aromatic N) is 2. The van der Waals surface area contributed by atoms with Crippen molar-refractivity contribution in [3.05, 3.63) is 23.6 Å². The zero-order chi connectivity index (χ0) is 13.8. The van der Waals surface area contributed by atoms with E-state index in [-0.39, 0.29) is 23.4 Å². The average molecular weight is 267 g/mol.